The van der Waals surface area contributed by atoms with Crippen molar-refractivity contribution >= 4 is 34.0 Å². The number of nitrogens with zero attached hydrogens (tertiary/aromatic N) is 2. The lowest BCUT2D eigenvalue weighted by Crippen LogP contribution is -2.19. The molecule has 0 aliphatic rings. The third-order valence-electron chi connectivity index (χ3n) is 4.02. The number of imidazole rings is 1. The minimum atomic E-state index is -0.179. The normalized spacial score (nSPS) is 13.0. The van der Waals surface area contributed by atoms with E-state index < -0.39 is 0 Å². The lowest BCUT2D eigenvalue weighted by atomic mass is 10.1. The molecular weight excluding hydrogens is 304 g/mol. The van der Waals surface area contributed by atoms with Crippen LogP contribution in [0.25, 0.3) is 11.0 Å². The first-order chi connectivity index (χ1) is 9.90. The zero-order chi connectivity index (χ0) is 15.3. The molecule has 3 rings (SSSR count). The van der Waals surface area contributed by atoms with Gasteiger partial charge in [0.2, 0.25) is 0 Å². The number of fused-ring (bicyclic) bond motifs is 1. The second-order valence-corrected chi connectivity index (χ2v) is 7.12. The van der Waals surface area contributed by atoms with Crippen LogP contribution < -0.4 is 5.69 Å². The van der Waals surface area contributed by atoms with Crippen LogP contribution >= 0.6 is 22.9 Å². The van der Waals surface area contributed by atoms with Gasteiger partial charge in [0.05, 0.1) is 16.4 Å². The summed E-state index contributed by atoms with van der Waals surface area (Å²) >= 11 is 8.36. The third-order valence-corrected chi connectivity index (χ3v) is 5.86. The molecule has 0 saturated carbocycles. The molecule has 0 N–H and O–H groups in total. The fourth-order valence-electron chi connectivity index (χ4n) is 2.57. The van der Waals surface area contributed by atoms with E-state index in [4.69, 9.17) is 11.6 Å². The first-order valence-corrected chi connectivity index (χ1v) is 8.02. The second-order valence-electron chi connectivity index (χ2n) is 5.40. The summed E-state index contributed by atoms with van der Waals surface area (Å²) in [7, 11) is 3.58. The molecule has 0 aliphatic heterocycles. The van der Waals surface area contributed by atoms with E-state index in [1.54, 1.807) is 34.6 Å². The molecule has 3 nitrogen and oxygen atoms in total. The Balaban J connectivity index is 2.12. The maximum Gasteiger partial charge on any atom is 0.328 e. The van der Waals surface area contributed by atoms with Crippen LogP contribution in [0, 0.1) is 13.8 Å². The van der Waals surface area contributed by atoms with Gasteiger partial charge in [0, 0.05) is 23.8 Å². The predicted octanol–water partition coefficient (Wildman–Crippen LogP) is 3.88. The maximum absolute atomic E-state index is 12.0. The van der Waals surface area contributed by atoms with E-state index in [1.807, 2.05) is 18.2 Å². The average molecular weight is 321 g/mol. The van der Waals surface area contributed by atoms with Crippen molar-refractivity contribution in [2.75, 3.05) is 0 Å². The van der Waals surface area contributed by atoms with E-state index in [9.17, 15) is 4.79 Å². The van der Waals surface area contributed by atoms with Crippen molar-refractivity contribution in [3.05, 3.63) is 55.6 Å². The number of thiophene rings is 1. The van der Waals surface area contributed by atoms with Gasteiger partial charge in [-0.1, -0.05) is 6.07 Å². The molecule has 1 aromatic carbocycles. The molecule has 1 unspecified atom stereocenters. The molecule has 0 amide bonds. The standard InChI is InChI=1S/C16H17ClN2OS/c1-9-7-14(21-10(9)2)15(17)11-5-6-12-13(8-11)19(4)16(20)18(12)3/h5-8,15H,1-4H3. The Kier molecular flexibility index (Phi) is 3.46. The van der Waals surface area contributed by atoms with Gasteiger partial charge < -0.3 is 0 Å². The van der Waals surface area contributed by atoms with Crippen LogP contribution in [0.1, 0.15) is 26.3 Å². The summed E-state index contributed by atoms with van der Waals surface area (Å²) in [5.74, 6) is 0. The van der Waals surface area contributed by atoms with E-state index in [2.05, 4.69) is 19.9 Å². The molecule has 5 heteroatoms. The lowest BCUT2D eigenvalue weighted by molar-refractivity contribution is 0.795. The van der Waals surface area contributed by atoms with Crippen molar-refractivity contribution in [3.63, 3.8) is 0 Å². The molecule has 0 saturated heterocycles. The van der Waals surface area contributed by atoms with Gasteiger partial charge in [-0.25, -0.2) is 4.79 Å². The minimum absolute atomic E-state index is 0.0175. The lowest BCUT2D eigenvalue weighted by Gasteiger charge is -2.08. The molecule has 2 aromatic heterocycles. The Morgan fingerprint density at radius 3 is 2.38 bits per heavy atom. The monoisotopic (exact) mass is 320 g/mol. The smallest absolute Gasteiger partial charge is 0.295 e. The number of benzene rings is 1. The molecule has 0 bridgehead atoms. The van der Waals surface area contributed by atoms with Gasteiger partial charge in [-0.05, 0) is 43.2 Å². The van der Waals surface area contributed by atoms with Gasteiger partial charge >= 0.3 is 5.69 Å². The van der Waals surface area contributed by atoms with Crippen molar-refractivity contribution in [2.24, 2.45) is 14.1 Å². The highest BCUT2D eigenvalue weighted by Crippen LogP contribution is 2.36. The summed E-state index contributed by atoms with van der Waals surface area (Å²) in [4.78, 5) is 14.4. The van der Waals surface area contributed by atoms with Crippen LogP contribution in [-0.2, 0) is 14.1 Å². The van der Waals surface area contributed by atoms with Crippen molar-refractivity contribution in [1.82, 2.24) is 9.13 Å². The van der Waals surface area contributed by atoms with Gasteiger partial charge in [-0.15, -0.1) is 22.9 Å². The summed E-state index contributed by atoms with van der Waals surface area (Å²) in [5, 5.41) is -0.179. The van der Waals surface area contributed by atoms with Crippen molar-refractivity contribution in [3.8, 4) is 0 Å². The SMILES string of the molecule is Cc1cc(C(Cl)c2ccc3c(c2)n(C)c(=O)n3C)sc1C. The van der Waals surface area contributed by atoms with Crippen LogP contribution in [0.5, 0.6) is 0 Å². The van der Waals surface area contributed by atoms with Crippen LogP contribution in [0.15, 0.2) is 29.1 Å². The molecular formula is C16H17ClN2OS. The first kappa shape index (κ1) is 14.4. The molecule has 21 heavy (non-hydrogen) atoms. The van der Waals surface area contributed by atoms with Crippen molar-refractivity contribution < 1.29 is 0 Å². The topological polar surface area (TPSA) is 26.9 Å². The highest BCUT2D eigenvalue weighted by atomic mass is 35.5. The van der Waals surface area contributed by atoms with Gasteiger partial charge in [0.1, 0.15) is 0 Å². The quantitative estimate of drug-likeness (QED) is 0.658. The van der Waals surface area contributed by atoms with E-state index in [0.29, 0.717) is 0 Å². The molecule has 0 fully saturated rings. The molecule has 110 valence electrons. The van der Waals surface area contributed by atoms with Crippen LogP contribution in [0.3, 0.4) is 0 Å². The number of rotatable bonds is 2. The van der Waals surface area contributed by atoms with Gasteiger partial charge in [-0.2, -0.15) is 0 Å². The molecule has 0 radical (unpaired) electrons. The van der Waals surface area contributed by atoms with Crippen molar-refractivity contribution in [1.29, 1.82) is 0 Å². The summed E-state index contributed by atoms with van der Waals surface area (Å²) in [6.07, 6.45) is 0. The van der Waals surface area contributed by atoms with E-state index in [0.717, 1.165) is 21.5 Å². The number of hydrogen-bond acceptors (Lipinski definition) is 2. The highest BCUT2D eigenvalue weighted by Gasteiger charge is 2.16. The zero-order valence-electron chi connectivity index (χ0n) is 12.5. The molecule has 3 aromatic rings. The van der Waals surface area contributed by atoms with Crippen LogP contribution in [0.2, 0.25) is 0 Å². The third kappa shape index (κ3) is 2.23. The largest absolute Gasteiger partial charge is 0.328 e. The summed E-state index contributed by atoms with van der Waals surface area (Å²) in [6, 6.07) is 8.13. The second kappa shape index (κ2) is 5.04. The minimum Gasteiger partial charge on any atom is -0.295 e. The van der Waals surface area contributed by atoms with E-state index in [1.165, 1.54) is 10.4 Å². The van der Waals surface area contributed by atoms with Gasteiger partial charge in [-0.3, -0.25) is 9.13 Å². The summed E-state index contributed by atoms with van der Waals surface area (Å²) in [6.45, 7) is 4.21. The van der Waals surface area contributed by atoms with Crippen molar-refractivity contribution in [2.45, 2.75) is 19.2 Å². The summed E-state index contributed by atoms with van der Waals surface area (Å²) in [5.41, 5.74) is 4.11. The van der Waals surface area contributed by atoms with Gasteiger partial charge in [0.25, 0.3) is 0 Å². The number of alkyl halides is 1. The maximum atomic E-state index is 12.0. The Bertz CT molecular complexity index is 868. The molecule has 1 atom stereocenters. The first-order valence-electron chi connectivity index (χ1n) is 6.76. The van der Waals surface area contributed by atoms with E-state index in [-0.39, 0.29) is 11.1 Å². The summed E-state index contributed by atoms with van der Waals surface area (Å²) < 4.78 is 3.31. The Hall–Kier alpha value is -1.52. The van der Waals surface area contributed by atoms with Crippen LogP contribution in [0.4, 0.5) is 0 Å². The highest BCUT2D eigenvalue weighted by molar-refractivity contribution is 7.12. The van der Waals surface area contributed by atoms with Gasteiger partial charge in [0.15, 0.2) is 0 Å². The zero-order valence-corrected chi connectivity index (χ0v) is 14.0. The Morgan fingerprint density at radius 2 is 1.76 bits per heavy atom. The Labute approximate surface area is 132 Å². The van der Waals surface area contributed by atoms with E-state index >= 15 is 0 Å². The van der Waals surface area contributed by atoms with Crippen LogP contribution in [-0.4, -0.2) is 9.13 Å². The number of aryl methyl sites for hydroxylation is 4. The average Bonchev–Trinajstić information content (AvgIpc) is 2.92. The number of hydrogen-bond donors (Lipinski definition) is 0. The number of halogens is 1. The fourth-order valence-corrected chi connectivity index (χ4v) is 3.95. The fraction of sp³-hybridized carbons (Fsp3) is 0.312. The number of aromatic nitrogens is 2. The Morgan fingerprint density at radius 1 is 1.10 bits per heavy atom. The molecule has 0 spiro atoms. The predicted molar refractivity (Wildman–Crippen MR) is 89.6 cm³/mol. The molecule has 0 aliphatic carbocycles. The molecule has 2 heterocycles.